The van der Waals surface area contributed by atoms with Crippen LogP contribution < -0.4 is 5.01 Å². The highest BCUT2D eigenvalue weighted by Gasteiger charge is 2.25. The molecule has 1 aliphatic rings. The number of amides is 1. The van der Waals surface area contributed by atoms with E-state index in [4.69, 9.17) is 0 Å². The molecule has 6 heteroatoms. The van der Waals surface area contributed by atoms with Gasteiger partial charge in [0.2, 0.25) is 5.13 Å². The van der Waals surface area contributed by atoms with Gasteiger partial charge >= 0.3 is 0 Å². The van der Waals surface area contributed by atoms with Gasteiger partial charge in [-0.15, -0.1) is 11.3 Å². The van der Waals surface area contributed by atoms with Crippen molar-refractivity contribution >= 4 is 44.0 Å². The zero-order chi connectivity index (χ0) is 13.4. The molecular formula is C13H10BrN3OS. The van der Waals surface area contributed by atoms with Gasteiger partial charge in [-0.3, -0.25) is 4.79 Å². The van der Waals surface area contributed by atoms with Crippen molar-refractivity contribution in [2.75, 3.05) is 5.01 Å². The Morgan fingerprint density at radius 1 is 1.32 bits per heavy atom. The summed E-state index contributed by atoms with van der Waals surface area (Å²) in [5.74, 6) is -0.0193. The average Bonchev–Trinajstić information content (AvgIpc) is 2.97. The molecule has 0 atom stereocenters. The Bertz CT molecular complexity index is 663. The summed E-state index contributed by atoms with van der Waals surface area (Å²) >= 11 is 4.83. The first-order valence-corrected chi connectivity index (χ1v) is 7.39. The molecule has 0 unspecified atom stereocenters. The number of rotatable bonds is 2. The summed E-state index contributed by atoms with van der Waals surface area (Å²) in [6, 6.07) is 7.92. The highest BCUT2D eigenvalue weighted by Crippen LogP contribution is 2.30. The molecule has 0 radical (unpaired) electrons. The Labute approximate surface area is 122 Å². The standard InChI is InChI=1S/C13H10BrN3OS/c1-8-6-12(18)17(16-8)13-15-11(7-19-13)9-2-4-10(14)5-3-9/h2-5,7H,6H2,1H3. The number of benzene rings is 1. The molecule has 96 valence electrons. The fourth-order valence-electron chi connectivity index (χ4n) is 1.82. The van der Waals surface area contributed by atoms with Crippen LogP contribution in [0.3, 0.4) is 0 Å². The number of hydrogen-bond donors (Lipinski definition) is 0. The number of hydrogen-bond acceptors (Lipinski definition) is 4. The summed E-state index contributed by atoms with van der Waals surface area (Å²) in [5, 5.41) is 8.16. The molecule has 2 heterocycles. The Kier molecular flexibility index (Phi) is 3.20. The number of nitrogens with zero attached hydrogens (tertiary/aromatic N) is 3. The minimum atomic E-state index is -0.0193. The molecule has 1 aliphatic heterocycles. The van der Waals surface area contributed by atoms with Crippen LogP contribution in [0.4, 0.5) is 5.13 Å². The second-order valence-electron chi connectivity index (χ2n) is 4.24. The fraction of sp³-hybridized carbons (Fsp3) is 0.154. The smallest absolute Gasteiger partial charge is 0.255 e. The van der Waals surface area contributed by atoms with Crippen molar-refractivity contribution in [2.45, 2.75) is 13.3 Å². The lowest BCUT2D eigenvalue weighted by molar-refractivity contribution is -0.116. The zero-order valence-corrected chi connectivity index (χ0v) is 12.5. The van der Waals surface area contributed by atoms with Crippen molar-refractivity contribution in [3.8, 4) is 11.3 Å². The third-order valence-electron chi connectivity index (χ3n) is 2.73. The second kappa shape index (κ2) is 4.86. The van der Waals surface area contributed by atoms with Gasteiger partial charge in [0, 0.05) is 21.1 Å². The van der Waals surface area contributed by atoms with E-state index in [-0.39, 0.29) is 5.91 Å². The Morgan fingerprint density at radius 3 is 2.68 bits per heavy atom. The summed E-state index contributed by atoms with van der Waals surface area (Å²) in [6.45, 7) is 1.85. The predicted molar refractivity (Wildman–Crippen MR) is 80.5 cm³/mol. The van der Waals surface area contributed by atoms with Crippen LogP contribution in [0.1, 0.15) is 13.3 Å². The minimum absolute atomic E-state index is 0.0193. The predicted octanol–water partition coefficient (Wildman–Crippen LogP) is 3.69. The average molecular weight is 336 g/mol. The molecule has 0 N–H and O–H groups in total. The van der Waals surface area contributed by atoms with Crippen LogP contribution in [0.5, 0.6) is 0 Å². The number of carbonyl (C=O) groups is 1. The third-order valence-corrected chi connectivity index (χ3v) is 4.07. The number of carbonyl (C=O) groups excluding carboxylic acids is 1. The van der Waals surface area contributed by atoms with E-state index in [2.05, 4.69) is 26.0 Å². The molecule has 0 saturated heterocycles. The molecule has 0 fully saturated rings. The van der Waals surface area contributed by atoms with Gasteiger partial charge in [0.15, 0.2) is 0 Å². The van der Waals surface area contributed by atoms with Crippen LogP contribution in [0.2, 0.25) is 0 Å². The molecule has 1 amide bonds. The van der Waals surface area contributed by atoms with Crippen LogP contribution in [0, 0.1) is 0 Å². The lowest BCUT2D eigenvalue weighted by atomic mass is 10.2. The van der Waals surface area contributed by atoms with Gasteiger partial charge in [0.05, 0.1) is 12.1 Å². The molecule has 0 spiro atoms. The van der Waals surface area contributed by atoms with Crippen LogP contribution in [-0.2, 0) is 4.79 Å². The van der Waals surface area contributed by atoms with E-state index < -0.39 is 0 Å². The summed E-state index contributed by atoms with van der Waals surface area (Å²) in [7, 11) is 0. The Balaban J connectivity index is 1.91. The first kappa shape index (κ1) is 12.5. The monoisotopic (exact) mass is 335 g/mol. The van der Waals surface area contributed by atoms with Gasteiger partial charge in [-0.05, 0) is 19.1 Å². The van der Waals surface area contributed by atoms with Gasteiger partial charge in [0.25, 0.3) is 5.91 Å². The largest absolute Gasteiger partial charge is 0.272 e. The van der Waals surface area contributed by atoms with Crippen molar-refractivity contribution in [3.05, 3.63) is 34.1 Å². The molecule has 1 aromatic carbocycles. The Hall–Kier alpha value is -1.53. The lowest BCUT2D eigenvalue weighted by Gasteiger charge is -2.06. The molecular weight excluding hydrogens is 326 g/mol. The molecule has 3 rings (SSSR count). The minimum Gasteiger partial charge on any atom is -0.272 e. The van der Waals surface area contributed by atoms with Crippen molar-refractivity contribution in [3.63, 3.8) is 0 Å². The fourth-order valence-corrected chi connectivity index (χ4v) is 2.88. The number of anilines is 1. The van der Waals surface area contributed by atoms with Gasteiger partial charge in [-0.1, -0.05) is 28.1 Å². The molecule has 0 saturated carbocycles. The number of aromatic nitrogens is 1. The molecule has 4 nitrogen and oxygen atoms in total. The maximum Gasteiger partial charge on any atom is 0.255 e. The summed E-state index contributed by atoms with van der Waals surface area (Å²) in [4.78, 5) is 16.2. The topological polar surface area (TPSA) is 45.6 Å². The van der Waals surface area contributed by atoms with Crippen molar-refractivity contribution in [1.82, 2.24) is 4.98 Å². The van der Waals surface area contributed by atoms with E-state index in [1.165, 1.54) is 16.3 Å². The number of halogens is 1. The maximum atomic E-state index is 11.7. The molecule has 19 heavy (non-hydrogen) atoms. The van der Waals surface area contributed by atoms with E-state index in [0.717, 1.165) is 21.4 Å². The molecule has 0 aliphatic carbocycles. The van der Waals surface area contributed by atoms with E-state index >= 15 is 0 Å². The third kappa shape index (κ3) is 2.46. The number of thiazole rings is 1. The van der Waals surface area contributed by atoms with Crippen molar-refractivity contribution in [1.29, 1.82) is 0 Å². The Morgan fingerprint density at radius 2 is 2.05 bits per heavy atom. The molecule has 2 aromatic rings. The first-order valence-electron chi connectivity index (χ1n) is 5.72. The SMILES string of the molecule is CC1=NN(c2nc(-c3ccc(Br)cc3)cs2)C(=O)C1. The van der Waals surface area contributed by atoms with Crippen LogP contribution in [0.25, 0.3) is 11.3 Å². The van der Waals surface area contributed by atoms with Crippen molar-refractivity contribution in [2.24, 2.45) is 5.10 Å². The van der Waals surface area contributed by atoms with E-state index in [0.29, 0.717) is 11.6 Å². The van der Waals surface area contributed by atoms with E-state index in [1.54, 1.807) is 0 Å². The van der Waals surface area contributed by atoms with Crippen LogP contribution in [0.15, 0.2) is 39.2 Å². The highest BCUT2D eigenvalue weighted by molar-refractivity contribution is 9.10. The van der Waals surface area contributed by atoms with Crippen LogP contribution >= 0.6 is 27.3 Å². The first-order chi connectivity index (χ1) is 9.13. The van der Waals surface area contributed by atoms with E-state index in [9.17, 15) is 4.79 Å². The molecule has 0 bridgehead atoms. The van der Waals surface area contributed by atoms with Gasteiger partial charge in [-0.25, -0.2) is 4.98 Å². The molecule has 1 aromatic heterocycles. The lowest BCUT2D eigenvalue weighted by Crippen LogP contribution is -2.19. The van der Waals surface area contributed by atoms with Crippen molar-refractivity contribution < 1.29 is 4.79 Å². The summed E-state index contributed by atoms with van der Waals surface area (Å²) in [5.41, 5.74) is 2.71. The van der Waals surface area contributed by atoms with Gasteiger partial charge < -0.3 is 0 Å². The van der Waals surface area contributed by atoms with Gasteiger partial charge in [0.1, 0.15) is 0 Å². The summed E-state index contributed by atoms with van der Waals surface area (Å²) in [6.07, 6.45) is 0.382. The quantitative estimate of drug-likeness (QED) is 0.840. The zero-order valence-electron chi connectivity index (χ0n) is 10.1. The second-order valence-corrected chi connectivity index (χ2v) is 5.99. The summed E-state index contributed by atoms with van der Waals surface area (Å²) < 4.78 is 1.03. The van der Waals surface area contributed by atoms with Crippen LogP contribution in [-0.4, -0.2) is 16.6 Å². The number of hydrazone groups is 1. The van der Waals surface area contributed by atoms with E-state index in [1.807, 2.05) is 36.6 Å². The normalized spacial score (nSPS) is 14.9. The van der Waals surface area contributed by atoms with Gasteiger partial charge in [-0.2, -0.15) is 10.1 Å². The maximum absolute atomic E-state index is 11.7. The highest BCUT2D eigenvalue weighted by atomic mass is 79.9.